The van der Waals surface area contributed by atoms with Crippen LogP contribution in [0.1, 0.15) is 19.8 Å². The fraction of sp³-hybridized carbons (Fsp3) is 0.429. The third kappa shape index (κ3) is 4.11. The van der Waals surface area contributed by atoms with Crippen LogP contribution in [0.25, 0.3) is 11.4 Å². The molecule has 3 heterocycles. The first kappa shape index (κ1) is 21.6. The lowest BCUT2D eigenvalue weighted by molar-refractivity contribution is -0.118. The number of alkyl halides is 2. The first-order valence-electron chi connectivity index (χ1n) is 10.2. The SMILES string of the molecule is C[C@H](Nc1ccc2c(c1)OCCn1cc(N3C(=C=O)OCCC[C@H]3C(F)F)nc1-2)C(N)=O. The second-order valence-corrected chi connectivity index (χ2v) is 7.61. The highest BCUT2D eigenvalue weighted by Crippen LogP contribution is 2.37. The Hall–Kier alpha value is -3.59. The van der Waals surface area contributed by atoms with Crippen LogP contribution in [0.5, 0.6) is 5.75 Å². The number of imidazole rings is 1. The van der Waals surface area contributed by atoms with Crippen molar-refractivity contribution in [3.8, 4) is 17.1 Å². The number of nitrogens with zero attached hydrogens (tertiary/aromatic N) is 3. The molecular formula is C21H23F2N5O4. The number of carbonyl (C=O) groups excluding carboxylic acids is 2. The van der Waals surface area contributed by atoms with Gasteiger partial charge >= 0.3 is 0 Å². The van der Waals surface area contributed by atoms with E-state index in [-0.39, 0.29) is 24.7 Å². The minimum atomic E-state index is -2.70. The van der Waals surface area contributed by atoms with E-state index in [4.69, 9.17) is 15.2 Å². The Morgan fingerprint density at radius 1 is 1.34 bits per heavy atom. The summed E-state index contributed by atoms with van der Waals surface area (Å²) >= 11 is 0. The standard InChI is InChI=1S/C21H23F2N5O4/c1-12(20(24)30)25-13-4-5-14-16(9-13)31-8-6-27-10-17(26-21(14)27)28-15(19(22)23)3-2-7-32-18(28)11-29/h4-5,9-10,12,15,19,25H,2-3,6-8H2,1H3,(H2,24,30)/t12-,15-/m0/s1. The van der Waals surface area contributed by atoms with E-state index < -0.39 is 24.4 Å². The van der Waals surface area contributed by atoms with E-state index in [2.05, 4.69) is 10.3 Å². The average molecular weight is 447 g/mol. The third-order valence-corrected chi connectivity index (χ3v) is 5.44. The van der Waals surface area contributed by atoms with Gasteiger partial charge in [0.2, 0.25) is 5.91 Å². The number of anilines is 2. The minimum Gasteiger partial charge on any atom is -0.491 e. The number of hydrogen-bond acceptors (Lipinski definition) is 7. The van der Waals surface area contributed by atoms with Crippen LogP contribution < -0.4 is 20.7 Å². The molecule has 3 N–H and O–H groups in total. The van der Waals surface area contributed by atoms with Gasteiger partial charge < -0.3 is 25.1 Å². The number of primary amides is 1. The molecule has 1 fully saturated rings. The molecule has 0 aliphatic carbocycles. The molecule has 0 unspecified atom stereocenters. The number of benzene rings is 1. The predicted molar refractivity (Wildman–Crippen MR) is 112 cm³/mol. The highest BCUT2D eigenvalue weighted by Gasteiger charge is 2.36. The van der Waals surface area contributed by atoms with E-state index in [0.29, 0.717) is 42.4 Å². The molecule has 11 heteroatoms. The van der Waals surface area contributed by atoms with Gasteiger partial charge in [0.15, 0.2) is 11.8 Å². The van der Waals surface area contributed by atoms with Crippen molar-refractivity contribution < 1.29 is 27.8 Å². The number of nitrogens with one attached hydrogen (secondary N) is 1. The van der Waals surface area contributed by atoms with Crippen molar-refractivity contribution in [1.82, 2.24) is 9.55 Å². The number of ether oxygens (including phenoxy) is 2. The zero-order valence-corrected chi connectivity index (χ0v) is 17.4. The number of hydrogen-bond donors (Lipinski definition) is 2. The van der Waals surface area contributed by atoms with Gasteiger partial charge in [0.25, 0.3) is 12.3 Å². The maximum atomic E-state index is 13.8. The van der Waals surface area contributed by atoms with Crippen LogP contribution >= 0.6 is 0 Å². The monoisotopic (exact) mass is 447 g/mol. The first-order chi connectivity index (χ1) is 15.4. The van der Waals surface area contributed by atoms with Gasteiger partial charge in [0.1, 0.15) is 30.3 Å². The second-order valence-electron chi connectivity index (χ2n) is 7.61. The van der Waals surface area contributed by atoms with E-state index in [1.807, 2.05) is 0 Å². The molecule has 0 saturated carbocycles. The Labute approximate surface area is 182 Å². The van der Waals surface area contributed by atoms with Gasteiger partial charge in [0.05, 0.1) is 18.7 Å². The smallest absolute Gasteiger partial charge is 0.284 e. The molecule has 32 heavy (non-hydrogen) atoms. The summed E-state index contributed by atoms with van der Waals surface area (Å²) in [7, 11) is 0. The molecule has 0 radical (unpaired) electrons. The summed E-state index contributed by atoms with van der Waals surface area (Å²) in [6, 6.07) is 3.42. The predicted octanol–water partition coefficient (Wildman–Crippen LogP) is 2.15. The van der Waals surface area contributed by atoms with E-state index >= 15 is 0 Å². The molecule has 0 bridgehead atoms. The average Bonchev–Trinajstić information content (AvgIpc) is 2.94. The maximum Gasteiger partial charge on any atom is 0.284 e. The molecule has 2 atom stereocenters. The van der Waals surface area contributed by atoms with Crippen LogP contribution in [0, 0.1) is 0 Å². The summed E-state index contributed by atoms with van der Waals surface area (Å²) in [6.07, 6.45) is -0.549. The van der Waals surface area contributed by atoms with Gasteiger partial charge in [-0.2, -0.15) is 0 Å². The van der Waals surface area contributed by atoms with Crippen molar-refractivity contribution in [2.75, 3.05) is 23.4 Å². The number of nitrogens with two attached hydrogens (primary N) is 1. The molecule has 9 nitrogen and oxygen atoms in total. The fourth-order valence-corrected chi connectivity index (χ4v) is 3.80. The molecule has 1 aromatic carbocycles. The molecule has 4 rings (SSSR count). The zero-order valence-electron chi connectivity index (χ0n) is 17.4. The van der Waals surface area contributed by atoms with Crippen molar-refractivity contribution in [3.63, 3.8) is 0 Å². The minimum absolute atomic E-state index is 0.151. The van der Waals surface area contributed by atoms with Gasteiger partial charge in [0, 0.05) is 18.0 Å². The fourth-order valence-electron chi connectivity index (χ4n) is 3.80. The summed E-state index contributed by atoms with van der Waals surface area (Å²) in [5.41, 5.74) is 6.59. The van der Waals surface area contributed by atoms with Gasteiger partial charge in [-0.1, -0.05) is 0 Å². The normalized spacial score (nSPS) is 18.9. The maximum absolute atomic E-state index is 13.8. The van der Waals surface area contributed by atoms with Gasteiger partial charge in [-0.15, -0.1) is 0 Å². The van der Waals surface area contributed by atoms with Gasteiger partial charge in [-0.3, -0.25) is 9.69 Å². The van der Waals surface area contributed by atoms with Crippen molar-refractivity contribution in [2.24, 2.45) is 5.73 Å². The number of aromatic nitrogens is 2. The highest BCUT2D eigenvalue weighted by atomic mass is 19.3. The lowest BCUT2D eigenvalue weighted by Gasteiger charge is -2.27. The summed E-state index contributed by atoms with van der Waals surface area (Å²) in [4.78, 5) is 28.5. The molecular weight excluding hydrogens is 424 g/mol. The largest absolute Gasteiger partial charge is 0.491 e. The Morgan fingerprint density at radius 3 is 2.88 bits per heavy atom. The van der Waals surface area contributed by atoms with Gasteiger partial charge in [-0.05, 0) is 31.9 Å². The first-order valence-corrected chi connectivity index (χ1v) is 10.2. The van der Waals surface area contributed by atoms with E-state index in [1.54, 1.807) is 41.8 Å². The Morgan fingerprint density at radius 2 is 2.16 bits per heavy atom. The summed E-state index contributed by atoms with van der Waals surface area (Å²) in [6.45, 7) is 2.55. The molecule has 170 valence electrons. The Kier molecular flexibility index (Phi) is 6.00. The topological polar surface area (TPSA) is 112 Å². The Bertz CT molecular complexity index is 1070. The summed E-state index contributed by atoms with van der Waals surface area (Å²) in [5.74, 6) is 2.06. The summed E-state index contributed by atoms with van der Waals surface area (Å²) in [5, 5.41) is 3.00. The number of rotatable bonds is 5. The van der Waals surface area contributed by atoms with E-state index in [1.165, 1.54) is 0 Å². The second kappa shape index (κ2) is 8.88. The third-order valence-electron chi connectivity index (χ3n) is 5.44. The highest BCUT2D eigenvalue weighted by molar-refractivity contribution is 5.83. The molecule has 2 aliphatic rings. The van der Waals surface area contributed by atoms with Crippen molar-refractivity contribution in [2.45, 2.75) is 44.8 Å². The number of fused-ring (bicyclic) bond motifs is 3. The lowest BCUT2D eigenvalue weighted by atomic mass is 10.1. The van der Waals surface area contributed by atoms with E-state index in [9.17, 15) is 18.4 Å². The van der Waals surface area contributed by atoms with Crippen LogP contribution in [0.3, 0.4) is 0 Å². The number of carbonyl (C=O) groups is 1. The van der Waals surface area contributed by atoms with Crippen molar-refractivity contribution in [3.05, 3.63) is 30.3 Å². The molecule has 1 saturated heterocycles. The van der Waals surface area contributed by atoms with Crippen LogP contribution in [0.4, 0.5) is 20.3 Å². The molecule has 2 aliphatic heterocycles. The zero-order chi connectivity index (χ0) is 22.8. The Balaban J connectivity index is 1.73. The molecule has 1 aromatic heterocycles. The van der Waals surface area contributed by atoms with Gasteiger partial charge in [-0.25, -0.2) is 18.6 Å². The van der Waals surface area contributed by atoms with E-state index in [0.717, 1.165) is 4.90 Å². The van der Waals surface area contributed by atoms with Crippen molar-refractivity contribution >= 4 is 23.4 Å². The van der Waals surface area contributed by atoms with Crippen molar-refractivity contribution in [1.29, 1.82) is 0 Å². The molecule has 2 aromatic rings. The number of halogens is 2. The quantitative estimate of drug-likeness (QED) is 0.676. The molecule has 1 amide bonds. The van der Waals surface area contributed by atoms with Crippen LogP contribution in [0.15, 0.2) is 30.3 Å². The van der Waals surface area contributed by atoms with Crippen LogP contribution in [-0.2, 0) is 20.9 Å². The summed E-state index contributed by atoms with van der Waals surface area (Å²) < 4.78 is 40.6. The number of amides is 1. The van der Waals surface area contributed by atoms with Crippen LogP contribution in [0.2, 0.25) is 0 Å². The lowest BCUT2D eigenvalue weighted by Crippen LogP contribution is -2.39. The molecule has 0 spiro atoms. The van der Waals surface area contributed by atoms with Crippen LogP contribution in [-0.4, -0.2) is 53.1 Å².